The molecule has 4 aromatic carbocycles. The van der Waals surface area contributed by atoms with E-state index in [2.05, 4.69) is 0 Å². The number of hydrogen-bond donors (Lipinski definition) is 0. The third-order valence-electron chi connectivity index (χ3n) is 5.58. The van der Waals surface area contributed by atoms with Crippen molar-refractivity contribution in [1.82, 2.24) is 15.0 Å². The lowest BCUT2D eigenvalue weighted by atomic mass is 10.0. The maximum atomic E-state index is 12.5. The summed E-state index contributed by atoms with van der Waals surface area (Å²) < 4.78 is 5.48. The Morgan fingerprint density at radius 3 is 1.67 bits per heavy atom. The summed E-state index contributed by atoms with van der Waals surface area (Å²) in [5.41, 5.74) is 2.81. The van der Waals surface area contributed by atoms with E-state index in [1.165, 1.54) is 0 Å². The molecule has 2 aromatic heterocycles. The normalized spacial score (nSPS) is 11.2. The van der Waals surface area contributed by atoms with Gasteiger partial charge in [0.1, 0.15) is 5.58 Å². The first-order valence-electron chi connectivity index (χ1n) is 10.6. The third-order valence-corrected chi connectivity index (χ3v) is 5.58. The van der Waals surface area contributed by atoms with Crippen molar-refractivity contribution in [2.75, 3.05) is 0 Å². The Balaban J connectivity index is 1.61. The van der Waals surface area contributed by atoms with Gasteiger partial charge in [-0.1, -0.05) is 84.9 Å². The van der Waals surface area contributed by atoms with E-state index in [1.807, 2.05) is 91.0 Å². The van der Waals surface area contributed by atoms with Gasteiger partial charge in [0, 0.05) is 27.5 Å². The lowest BCUT2D eigenvalue weighted by Crippen LogP contribution is -2.02. The van der Waals surface area contributed by atoms with Gasteiger partial charge in [0.05, 0.1) is 5.39 Å². The molecule has 5 nitrogen and oxygen atoms in total. The van der Waals surface area contributed by atoms with Crippen molar-refractivity contribution >= 4 is 21.7 Å². The Labute approximate surface area is 189 Å². The summed E-state index contributed by atoms with van der Waals surface area (Å²) in [6.07, 6.45) is 0. The number of fused-ring (bicyclic) bond motifs is 3. The van der Waals surface area contributed by atoms with E-state index in [0.717, 1.165) is 27.5 Å². The van der Waals surface area contributed by atoms with Crippen molar-refractivity contribution < 1.29 is 4.42 Å². The Bertz CT molecular complexity index is 1620. The third kappa shape index (κ3) is 3.46. The monoisotopic (exact) mass is 427 g/mol. The van der Waals surface area contributed by atoms with Crippen LogP contribution < -0.4 is 5.63 Å². The van der Waals surface area contributed by atoms with Crippen molar-refractivity contribution in [2.45, 2.75) is 0 Å². The van der Waals surface area contributed by atoms with Crippen LogP contribution >= 0.6 is 0 Å². The molecule has 0 bridgehead atoms. The van der Waals surface area contributed by atoms with Gasteiger partial charge in [-0.2, -0.15) is 0 Å². The van der Waals surface area contributed by atoms with Crippen molar-refractivity contribution in [3.63, 3.8) is 0 Å². The second-order valence-corrected chi connectivity index (χ2v) is 7.68. The quantitative estimate of drug-likeness (QED) is 0.251. The zero-order valence-electron chi connectivity index (χ0n) is 17.5. The molecule has 0 spiro atoms. The summed E-state index contributed by atoms with van der Waals surface area (Å²) in [4.78, 5) is 26.8. The molecule has 0 aliphatic carbocycles. The Kier molecular flexibility index (Phi) is 4.51. The Morgan fingerprint density at radius 2 is 1.03 bits per heavy atom. The fourth-order valence-corrected chi connectivity index (χ4v) is 3.95. The molecule has 5 heteroatoms. The van der Waals surface area contributed by atoms with Crippen LogP contribution in [0.5, 0.6) is 0 Å². The molecule has 0 radical (unpaired) electrons. The number of benzene rings is 4. The average Bonchev–Trinajstić information content (AvgIpc) is 2.89. The highest BCUT2D eigenvalue weighted by molar-refractivity contribution is 6.05. The number of rotatable bonds is 3. The predicted molar refractivity (Wildman–Crippen MR) is 130 cm³/mol. The number of para-hydroxylation sites is 1. The van der Waals surface area contributed by atoms with Gasteiger partial charge in [-0.15, -0.1) is 0 Å². The Morgan fingerprint density at radius 1 is 0.485 bits per heavy atom. The lowest BCUT2D eigenvalue weighted by molar-refractivity contribution is 0.569. The molecular weight excluding hydrogens is 410 g/mol. The minimum atomic E-state index is -0.360. The molecule has 0 fully saturated rings. The van der Waals surface area contributed by atoms with Gasteiger partial charge in [-0.3, -0.25) is 0 Å². The molecule has 0 saturated heterocycles. The van der Waals surface area contributed by atoms with Crippen LogP contribution in [0.3, 0.4) is 0 Å². The summed E-state index contributed by atoms with van der Waals surface area (Å²) in [6, 6.07) is 32.8. The molecular formula is C28H17N3O2. The van der Waals surface area contributed by atoms with Gasteiger partial charge >= 0.3 is 5.63 Å². The van der Waals surface area contributed by atoms with Crippen LogP contribution in [0.4, 0.5) is 0 Å². The standard InChI is InChI=1S/C28H17N3O2/c32-28-22-16-15-20(17-23(22)21-13-7-8-14-24(21)33-28)27-30-25(18-9-3-1-4-10-18)29-26(31-27)19-11-5-2-6-12-19/h1-17H. The molecule has 33 heavy (non-hydrogen) atoms. The van der Waals surface area contributed by atoms with Crippen LogP contribution in [0.1, 0.15) is 0 Å². The smallest absolute Gasteiger partial charge is 0.344 e. The fourth-order valence-electron chi connectivity index (χ4n) is 3.95. The van der Waals surface area contributed by atoms with Gasteiger partial charge < -0.3 is 4.42 Å². The molecule has 0 aliphatic rings. The highest BCUT2D eigenvalue weighted by Crippen LogP contribution is 2.29. The van der Waals surface area contributed by atoms with E-state index >= 15 is 0 Å². The molecule has 0 unspecified atom stereocenters. The van der Waals surface area contributed by atoms with Crippen LogP contribution in [-0.2, 0) is 0 Å². The van der Waals surface area contributed by atoms with Gasteiger partial charge in [0.2, 0.25) is 0 Å². The van der Waals surface area contributed by atoms with Crippen molar-refractivity contribution in [3.05, 3.63) is 114 Å². The van der Waals surface area contributed by atoms with Crippen molar-refractivity contribution in [2.24, 2.45) is 0 Å². The molecule has 6 aromatic rings. The first-order valence-corrected chi connectivity index (χ1v) is 10.6. The van der Waals surface area contributed by atoms with Crippen molar-refractivity contribution in [3.8, 4) is 34.2 Å². The highest BCUT2D eigenvalue weighted by atomic mass is 16.4. The van der Waals surface area contributed by atoms with E-state index in [9.17, 15) is 4.79 Å². The SMILES string of the molecule is O=c1oc2ccccc2c2cc(-c3nc(-c4ccccc4)nc(-c4ccccc4)n3)ccc12. The minimum Gasteiger partial charge on any atom is -0.422 e. The van der Waals surface area contributed by atoms with Gasteiger partial charge in [-0.25, -0.2) is 19.7 Å². The average molecular weight is 427 g/mol. The van der Waals surface area contributed by atoms with Crippen LogP contribution in [-0.4, -0.2) is 15.0 Å². The summed E-state index contributed by atoms with van der Waals surface area (Å²) in [6.45, 7) is 0. The highest BCUT2D eigenvalue weighted by Gasteiger charge is 2.14. The first kappa shape index (κ1) is 19.1. The second kappa shape index (κ2) is 7.80. The van der Waals surface area contributed by atoms with Gasteiger partial charge in [0.25, 0.3) is 0 Å². The maximum absolute atomic E-state index is 12.5. The number of nitrogens with zero attached hydrogens (tertiary/aromatic N) is 3. The summed E-state index contributed by atoms with van der Waals surface area (Å²) in [7, 11) is 0. The molecule has 2 heterocycles. The van der Waals surface area contributed by atoms with Crippen molar-refractivity contribution in [1.29, 1.82) is 0 Å². The Hall–Kier alpha value is -4.64. The summed E-state index contributed by atoms with van der Waals surface area (Å²) in [5.74, 6) is 1.73. The number of hydrogen-bond acceptors (Lipinski definition) is 5. The van der Waals surface area contributed by atoms with Crippen LogP contribution in [0, 0.1) is 0 Å². The van der Waals surface area contributed by atoms with E-state index in [4.69, 9.17) is 19.4 Å². The number of aromatic nitrogens is 3. The minimum absolute atomic E-state index is 0.360. The topological polar surface area (TPSA) is 68.9 Å². The molecule has 156 valence electrons. The zero-order chi connectivity index (χ0) is 22.2. The van der Waals surface area contributed by atoms with E-state index in [-0.39, 0.29) is 5.63 Å². The molecule has 0 aliphatic heterocycles. The largest absolute Gasteiger partial charge is 0.422 e. The van der Waals surface area contributed by atoms with Gasteiger partial charge in [-0.05, 0) is 18.2 Å². The molecule has 0 atom stereocenters. The van der Waals surface area contributed by atoms with Crippen LogP contribution in [0.15, 0.2) is 112 Å². The van der Waals surface area contributed by atoms with E-state index < -0.39 is 0 Å². The first-order chi connectivity index (χ1) is 16.3. The molecule has 0 N–H and O–H groups in total. The van der Waals surface area contributed by atoms with Gasteiger partial charge in [0.15, 0.2) is 17.5 Å². The lowest BCUT2D eigenvalue weighted by Gasteiger charge is -2.09. The van der Waals surface area contributed by atoms with Crippen LogP contribution in [0.2, 0.25) is 0 Å². The maximum Gasteiger partial charge on any atom is 0.344 e. The molecule has 6 rings (SSSR count). The molecule has 0 saturated carbocycles. The van der Waals surface area contributed by atoms with Crippen LogP contribution in [0.25, 0.3) is 55.9 Å². The zero-order valence-corrected chi connectivity index (χ0v) is 17.5. The molecule has 0 amide bonds. The summed E-state index contributed by atoms with van der Waals surface area (Å²) in [5, 5.41) is 2.20. The fraction of sp³-hybridized carbons (Fsp3) is 0. The summed E-state index contributed by atoms with van der Waals surface area (Å²) >= 11 is 0. The predicted octanol–water partition coefficient (Wildman–Crippen LogP) is 6.13. The van der Waals surface area contributed by atoms with E-state index in [1.54, 1.807) is 12.1 Å². The second-order valence-electron chi connectivity index (χ2n) is 7.68. The van der Waals surface area contributed by atoms with E-state index in [0.29, 0.717) is 28.4 Å².